The summed E-state index contributed by atoms with van der Waals surface area (Å²) in [6.45, 7) is 6.16. The van der Waals surface area contributed by atoms with Crippen LogP contribution in [-0.2, 0) is 21.1 Å². The van der Waals surface area contributed by atoms with Crippen LogP contribution in [0, 0.1) is 6.42 Å². The normalized spacial score (nSPS) is 9.86. The van der Waals surface area contributed by atoms with E-state index in [1.54, 1.807) is 0 Å². The first-order chi connectivity index (χ1) is 2.81. The maximum atomic E-state index is 2.08. The summed E-state index contributed by atoms with van der Waals surface area (Å²) >= 11 is 0. The van der Waals surface area contributed by atoms with Gasteiger partial charge in [-0.05, 0) is 0 Å². The maximum absolute atomic E-state index is 2.08. The molecule has 0 saturated heterocycles. The predicted molar refractivity (Wildman–Crippen MR) is 29.4 cm³/mol. The fraction of sp³-hybridized carbons (Fsp3) is 0.500. The largest absolute Gasteiger partial charge is 0.231 e. The molecule has 0 radical (unpaired) electrons. The van der Waals surface area contributed by atoms with E-state index in [9.17, 15) is 0 Å². The first kappa shape index (κ1) is 10.3. The van der Waals surface area contributed by atoms with Gasteiger partial charge in [-0.1, -0.05) is 6.92 Å². The first-order valence-electron chi connectivity index (χ1n) is 2.23. The number of hydrogen-bond donors (Lipinski definition) is 0. The summed E-state index contributed by atoms with van der Waals surface area (Å²) in [6, 6.07) is 0. The molecule has 42 valence electrons. The van der Waals surface area contributed by atoms with Crippen LogP contribution in [0.3, 0.4) is 0 Å². The molecule has 0 nitrogen and oxygen atoms in total. The minimum atomic E-state index is 0. The van der Waals surface area contributed by atoms with Gasteiger partial charge in [-0.3, -0.25) is 0 Å². The summed E-state index contributed by atoms with van der Waals surface area (Å²) in [7, 11) is 0. The fourth-order valence-corrected chi connectivity index (χ4v) is 0.167. The summed E-state index contributed by atoms with van der Waals surface area (Å²) < 4.78 is 0. The van der Waals surface area contributed by atoms with Gasteiger partial charge in [0, 0.05) is 21.1 Å². The summed E-state index contributed by atoms with van der Waals surface area (Å²) in [5.74, 6) is 0. The molecule has 0 aliphatic heterocycles. The Morgan fingerprint density at radius 3 is 2.00 bits per heavy atom. The summed E-state index contributed by atoms with van der Waals surface area (Å²) in [4.78, 5) is 0. The van der Waals surface area contributed by atoms with Gasteiger partial charge in [-0.15, -0.1) is 13.8 Å². The molecule has 0 fully saturated rings. The number of rotatable bonds is 1. The van der Waals surface area contributed by atoms with E-state index in [1.807, 2.05) is 13.8 Å². The molecule has 0 spiro atoms. The van der Waals surface area contributed by atoms with Crippen molar-refractivity contribution in [2.75, 3.05) is 0 Å². The molecular formula is C6H11W-. The van der Waals surface area contributed by atoms with E-state index in [4.69, 9.17) is 0 Å². The quantitative estimate of drug-likeness (QED) is 0.639. The Kier molecular flexibility index (Phi) is 9.28. The van der Waals surface area contributed by atoms with Crippen LogP contribution >= 0.6 is 0 Å². The second-order valence-electron chi connectivity index (χ2n) is 1.32. The van der Waals surface area contributed by atoms with E-state index in [1.165, 1.54) is 5.57 Å². The Morgan fingerprint density at radius 2 is 2.00 bits per heavy atom. The van der Waals surface area contributed by atoms with E-state index < -0.39 is 0 Å². The molecule has 0 aliphatic rings. The molecule has 0 aromatic carbocycles. The smallest absolute Gasteiger partial charge is 0 e. The van der Waals surface area contributed by atoms with Crippen LogP contribution in [0.2, 0.25) is 0 Å². The van der Waals surface area contributed by atoms with Gasteiger partial charge in [0.15, 0.2) is 0 Å². The Balaban J connectivity index is 0. The SMILES string of the molecule is C/C=C(\C)[CH-]C.[W]. The van der Waals surface area contributed by atoms with Gasteiger partial charge in [0.2, 0.25) is 0 Å². The van der Waals surface area contributed by atoms with Gasteiger partial charge in [-0.25, -0.2) is 18.1 Å². The van der Waals surface area contributed by atoms with Crippen LogP contribution in [0.5, 0.6) is 0 Å². The molecule has 0 unspecified atom stereocenters. The van der Waals surface area contributed by atoms with E-state index in [-0.39, 0.29) is 21.1 Å². The molecule has 0 rings (SSSR count). The Hall–Kier alpha value is 0.298. The Labute approximate surface area is 60.3 Å². The fourth-order valence-electron chi connectivity index (χ4n) is 0.167. The van der Waals surface area contributed by atoms with Gasteiger partial charge in [-0.2, -0.15) is 0 Å². The second-order valence-corrected chi connectivity index (χ2v) is 1.32. The zero-order valence-electron chi connectivity index (χ0n) is 5.06. The Bertz CT molecular complexity index is 55.2. The van der Waals surface area contributed by atoms with E-state index in [0.717, 1.165) is 0 Å². The molecule has 0 N–H and O–H groups in total. The molecule has 1 heteroatoms. The molecule has 7 heavy (non-hydrogen) atoms. The molecule has 0 amide bonds. The van der Waals surface area contributed by atoms with Crippen molar-refractivity contribution >= 4 is 0 Å². The van der Waals surface area contributed by atoms with Crippen molar-refractivity contribution in [3.8, 4) is 0 Å². The van der Waals surface area contributed by atoms with Gasteiger partial charge < -0.3 is 0 Å². The second kappa shape index (κ2) is 6.30. The van der Waals surface area contributed by atoms with Crippen LogP contribution in [0.4, 0.5) is 0 Å². The van der Waals surface area contributed by atoms with Crippen molar-refractivity contribution in [2.24, 2.45) is 0 Å². The van der Waals surface area contributed by atoms with Crippen molar-refractivity contribution in [3.63, 3.8) is 0 Å². The standard InChI is InChI=1S/C6H11.W/c1-4-6(3)5-2;/h4-5H,1-3H3;/q-1;/b6-4+;. The zero-order valence-corrected chi connectivity index (χ0v) is 8.00. The van der Waals surface area contributed by atoms with Gasteiger partial charge in [0.1, 0.15) is 0 Å². The summed E-state index contributed by atoms with van der Waals surface area (Å²) in [6.07, 6.45) is 4.17. The van der Waals surface area contributed by atoms with Crippen molar-refractivity contribution in [1.29, 1.82) is 0 Å². The van der Waals surface area contributed by atoms with Crippen LogP contribution in [0.15, 0.2) is 11.6 Å². The molecular weight excluding hydrogens is 256 g/mol. The van der Waals surface area contributed by atoms with Gasteiger partial charge >= 0.3 is 0 Å². The first-order valence-corrected chi connectivity index (χ1v) is 2.23. The third-order valence-electron chi connectivity index (χ3n) is 0.911. The van der Waals surface area contributed by atoms with Crippen molar-refractivity contribution < 1.29 is 21.1 Å². The van der Waals surface area contributed by atoms with Gasteiger partial charge in [0.05, 0.1) is 0 Å². The molecule has 0 aromatic rings. The van der Waals surface area contributed by atoms with Gasteiger partial charge in [0.25, 0.3) is 0 Å². The topological polar surface area (TPSA) is 0 Å². The van der Waals surface area contributed by atoms with E-state index in [2.05, 4.69) is 19.4 Å². The molecule has 0 heterocycles. The molecule has 0 saturated carbocycles. The summed E-state index contributed by atoms with van der Waals surface area (Å²) in [5, 5.41) is 0. The minimum absolute atomic E-state index is 0. The zero-order chi connectivity index (χ0) is 4.99. The average molecular weight is 267 g/mol. The predicted octanol–water partition coefficient (Wildman–Crippen LogP) is 2.17. The van der Waals surface area contributed by atoms with Crippen molar-refractivity contribution in [3.05, 3.63) is 18.1 Å². The molecule has 0 aliphatic carbocycles. The van der Waals surface area contributed by atoms with Crippen molar-refractivity contribution in [1.82, 2.24) is 0 Å². The van der Waals surface area contributed by atoms with Crippen LogP contribution in [-0.4, -0.2) is 0 Å². The molecule has 0 aromatic heterocycles. The summed E-state index contributed by atoms with van der Waals surface area (Å²) in [5.41, 5.74) is 1.34. The van der Waals surface area contributed by atoms with Crippen LogP contribution in [0.25, 0.3) is 0 Å². The third-order valence-corrected chi connectivity index (χ3v) is 0.911. The monoisotopic (exact) mass is 267 g/mol. The van der Waals surface area contributed by atoms with Crippen molar-refractivity contribution in [2.45, 2.75) is 20.8 Å². The van der Waals surface area contributed by atoms with E-state index >= 15 is 0 Å². The number of hydrogen-bond acceptors (Lipinski definition) is 0. The van der Waals surface area contributed by atoms with E-state index in [0.29, 0.717) is 0 Å². The number of allylic oxidation sites excluding steroid dienone is 2. The van der Waals surface area contributed by atoms with Crippen LogP contribution in [0.1, 0.15) is 20.8 Å². The molecule has 0 atom stereocenters. The minimum Gasteiger partial charge on any atom is -0.231 e. The molecule has 0 bridgehead atoms. The maximum Gasteiger partial charge on any atom is 0 e. The Morgan fingerprint density at radius 1 is 1.57 bits per heavy atom. The van der Waals surface area contributed by atoms with Crippen LogP contribution < -0.4 is 0 Å². The third kappa shape index (κ3) is 6.30. The average Bonchev–Trinajstić information content (AvgIpc) is 1.65.